The van der Waals surface area contributed by atoms with Crippen LogP contribution in [0.4, 0.5) is 0 Å². The zero-order valence-electron chi connectivity index (χ0n) is 10.2. The van der Waals surface area contributed by atoms with Crippen LogP contribution in [0.5, 0.6) is 5.75 Å². The number of aliphatic hydroxyl groups is 1. The predicted octanol–water partition coefficient (Wildman–Crippen LogP) is 2.40. The van der Waals surface area contributed by atoms with E-state index < -0.39 is 5.60 Å². The predicted molar refractivity (Wildman–Crippen MR) is 68.1 cm³/mol. The van der Waals surface area contributed by atoms with E-state index in [4.69, 9.17) is 4.74 Å². The molecular formula is C12H21NO2S. The van der Waals surface area contributed by atoms with Crippen LogP contribution >= 0.6 is 11.3 Å². The molecule has 16 heavy (non-hydrogen) atoms. The highest BCUT2D eigenvalue weighted by molar-refractivity contribution is 7.10. The molecule has 2 N–H and O–H groups in total. The fraction of sp³-hybridized carbons (Fsp3) is 0.667. The molecule has 0 spiro atoms. The van der Waals surface area contributed by atoms with Gasteiger partial charge in [-0.15, -0.1) is 11.3 Å². The Morgan fingerprint density at radius 1 is 1.56 bits per heavy atom. The van der Waals surface area contributed by atoms with E-state index in [1.807, 2.05) is 18.4 Å². The van der Waals surface area contributed by atoms with Gasteiger partial charge in [0, 0.05) is 13.1 Å². The van der Waals surface area contributed by atoms with Crippen molar-refractivity contribution >= 4 is 11.3 Å². The van der Waals surface area contributed by atoms with E-state index in [9.17, 15) is 5.11 Å². The van der Waals surface area contributed by atoms with Gasteiger partial charge in [-0.25, -0.2) is 0 Å². The lowest BCUT2D eigenvalue weighted by atomic mass is 10.0. The number of nitrogens with one attached hydrogen (secondary N) is 1. The Hall–Kier alpha value is -0.580. The second-order valence-electron chi connectivity index (χ2n) is 4.26. The van der Waals surface area contributed by atoms with Crippen LogP contribution in [-0.4, -0.2) is 24.4 Å². The van der Waals surface area contributed by atoms with Gasteiger partial charge in [0.1, 0.15) is 5.75 Å². The minimum absolute atomic E-state index is 0.612. The summed E-state index contributed by atoms with van der Waals surface area (Å²) in [4.78, 5) is 1.18. The van der Waals surface area contributed by atoms with E-state index in [0.29, 0.717) is 6.54 Å². The lowest BCUT2D eigenvalue weighted by Gasteiger charge is -2.22. The molecule has 0 aliphatic heterocycles. The Morgan fingerprint density at radius 3 is 2.94 bits per heavy atom. The molecule has 1 unspecified atom stereocenters. The van der Waals surface area contributed by atoms with Crippen LogP contribution in [0.1, 0.15) is 31.6 Å². The Bertz CT molecular complexity index is 310. The highest BCUT2D eigenvalue weighted by Crippen LogP contribution is 2.24. The van der Waals surface area contributed by atoms with Crippen LogP contribution in [0.2, 0.25) is 0 Å². The Balaban J connectivity index is 2.35. The fourth-order valence-electron chi connectivity index (χ4n) is 1.71. The van der Waals surface area contributed by atoms with Gasteiger partial charge in [-0.1, -0.05) is 13.3 Å². The topological polar surface area (TPSA) is 41.5 Å². The zero-order chi connectivity index (χ0) is 12.0. The Morgan fingerprint density at radius 2 is 2.31 bits per heavy atom. The van der Waals surface area contributed by atoms with Crippen molar-refractivity contribution in [3.8, 4) is 5.75 Å². The molecule has 0 aliphatic carbocycles. The quantitative estimate of drug-likeness (QED) is 0.772. The van der Waals surface area contributed by atoms with Gasteiger partial charge < -0.3 is 15.2 Å². The zero-order valence-corrected chi connectivity index (χ0v) is 11.1. The maximum Gasteiger partial charge on any atom is 0.134 e. The first kappa shape index (κ1) is 13.5. The monoisotopic (exact) mass is 243 g/mol. The third-order valence-electron chi connectivity index (χ3n) is 2.50. The highest BCUT2D eigenvalue weighted by Gasteiger charge is 2.18. The fourth-order valence-corrected chi connectivity index (χ4v) is 2.52. The Kier molecular flexibility index (Phi) is 5.25. The number of rotatable bonds is 7. The third kappa shape index (κ3) is 4.12. The smallest absolute Gasteiger partial charge is 0.134 e. The van der Waals surface area contributed by atoms with E-state index in [1.165, 1.54) is 4.88 Å². The molecule has 1 rings (SSSR count). The van der Waals surface area contributed by atoms with Crippen LogP contribution in [0, 0.1) is 0 Å². The minimum atomic E-state index is -0.612. The van der Waals surface area contributed by atoms with Gasteiger partial charge in [0.15, 0.2) is 0 Å². The molecule has 1 aromatic heterocycles. The first-order chi connectivity index (χ1) is 7.59. The maximum atomic E-state index is 9.98. The van der Waals surface area contributed by atoms with Gasteiger partial charge in [0.25, 0.3) is 0 Å². The van der Waals surface area contributed by atoms with E-state index in [-0.39, 0.29) is 0 Å². The van der Waals surface area contributed by atoms with Gasteiger partial charge in [-0.2, -0.15) is 0 Å². The molecule has 0 saturated carbocycles. The van der Waals surface area contributed by atoms with Crippen molar-refractivity contribution in [1.29, 1.82) is 0 Å². The van der Waals surface area contributed by atoms with Gasteiger partial charge >= 0.3 is 0 Å². The average molecular weight is 243 g/mol. The lowest BCUT2D eigenvalue weighted by Crippen LogP contribution is -2.37. The largest absolute Gasteiger partial charge is 0.496 e. The van der Waals surface area contributed by atoms with Crippen molar-refractivity contribution < 1.29 is 9.84 Å². The molecule has 92 valence electrons. The van der Waals surface area contributed by atoms with Crippen LogP contribution in [0.25, 0.3) is 0 Å². The van der Waals surface area contributed by atoms with Crippen molar-refractivity contribution in [1.82, 2.24) is 5.32 Å². The molecule has 0 aromatic carbocycles. The van der Waals surface area contributed by atoms with Crippen LogP contribution < -0.4 is 10.1 Å². The molecule has 1 aromatic rings. The van der Waals surface area contributed by atoms with Crippen LogP contribution in [0.3, 0.4) is 0 Å². The van der Waals surface area contributed by atoms with Gasteiger partial charge in [-0.3, -0.25) is 0 Å². The maximum absolute atomic E-state index is 9.98. The second kappa shape index (κ2) is 6.23. The van der Waals surface area contributed by atoms with E-state index in [0.717, 1.165) is 25.1 Å². The number of thiophene rings is 1. The first-order valence-corrected chi connectivity index (χ1v) is 6.50. The summed E-state index contributed by atoms with van der Waals surface area (Å²) < 4.78 is 5.22. The average Bonchev–Trinajstić information content (AvgIpc) is 2.64. The molecule has 0 bridgehead atoms. The molecular weight excluding hydrogens is 222 g/mol. The van der Waals surface area contributed by atoms with Crippen molar-refractivity contribution in [2.24, 2.45) is 0 Å². The summed E-state index contributed by atoms with van der Waals surface area (Å²) in [7, 11) is 1.68. The number of ether oxygens (including phenoxy) is 1. The molecule has 0 fully saturated rings. The molecule has 0 aliphatic rings. The number of hydrogen-bond acceptors (Lipinski definition) is 4. The summed E-state index contributed by atoms with van der Waals surface area (Å²) in [5.41, 5.74) is -0.612. The second-order valence-corrected chi connectivity index (χ2v) is 5.26. The molecule has 0 amide bonds. The third-order valence-corrected chi connectivity index (χ3v) is 3.41. The SMILES string of the molecule is CCCC(C)(O)CNCc1sccc1OC. The van der Waals surface area contributed by atoms with Crippen LogP contribution in [-0.2, 0) is 6.54 Å². The highest BCUT2D eigenvalue weighted by atomic mass is 32.1. The van der Waals surface area contributed by atoms with E-state index in [1.54, 1.807) is 18.4 Å². The lowest BCUT2D eigenvalue weighted by molar-refractivity contribution is 0.0498. The first-order valence-electron chi connectivity index (χ1n) is 5.62. The summed E-state index contributed by atoms with van der Waals surface area (Å²) >= 11 is 1.67. The summed E-state index contributed by atoms with van der Waals surface area (Å²) in [6.07, 6.45) is 1.82. The minimum Gasteiger partial charge on any atom is -0.496 e. The summed E-state index contributed by atoms with van der Waals surface area (Å²) in [5, 5.41) is 15.3. The molecule has 3 nitrogen and oxygen atoms in total. The normalized spacial score (nSPS) is 14.8. The Labute approximate surface area is 101 Å². The van der Waals surface area contributed by atoms with E-state index >= 15 is 0 Å². The summed E-state index contributed by atoms with van der Waals surface area (Å²) in [6.45, 7) is 5.31. The molecule has 1 heterocycles. The molecule has 0 saturated heterocycles. The summed E-state index contributed by atoms with van der Waals surface area (Å²) in [6, 6.07) is 1.96. The standard InChI is InChI=1S/C12H21NO2S/c1-4-6-12(2,14)9-13-8-11-10(15-3)5-7-16-11/h5,7,13-14H,4,6,8-9H2,1-3H3. The van der Waals surface area contributed by atoms with Gasteiger partial charge in [0.05, 0.1) is 17.6 Å². The van der Waals surface area contributed by atoms with Crippen molar-refractivity contribution in [2.45, 2.75) is 38.8 Å². The van der Waals surface area contributed by atoms with Crippen molar-refractivity contribution in [3.63, 3.8) is 0 Å². The number of hydrogen-bond donors (Lipinski definition) is 2. The van der Waals surface area contributed by atoms with Gasteiger partial charge in [-0.05, 0) is 24.8 Å². The van der Waals surface area contributed by atoms with Gasteiger partial charge in [0.2, 0.25) is 0 Å². The summed E-state index contributed by atoms with van der Waals surface area (Å²) in [5.74, 6) is 0.924. The van der Waals surface area contributed by atoms with Crippen molar-refractivity contribution in [2.75, 3.05) is 13.7 Å². The van der Waals surface area contributed by atoms with Crippen molar-refractivity contribution in [3.05, 3.63) is 16.3 Å². The molecule has 4 heteroatoms. The molecule has 0 radical (unpaired) electrons. The number of methoxy groups -OCH3 is 1. The van der Waals surface area contributed by atoms with E-state index in [2.05, 4.69) is 12.2 Å². The molecule has 1 atom stereocenters. The van der Waals surface area contributed by atoms with Crippen LogP contribution in [0.15, 0.2) is 11.4 Å².